The number of amides is 1. The molecule has 2 fully saturated rings. The summed E-state index contributed by atoms with van der Waals surface area (Å²) in [4.78, 5) is 17.3. The molecule has 0 N–H and O–H groups in total. The van der Waals surface area contributed by atoms with E-state index in [2.05, 4.69) is 4.90 Å². The van der Waals surface area contributed by atoms with E-state index >= 15 is 0 Å². The van der Waals surface area contributed by atoms with E-state index in [0.717, 1.165) is 68.3 Å². The molecular weight excluding hydrogens is 412 g/mol. The zero-order chi connectivity index (χ0) is 22.5. The van der Waals surface area contributed by atoms with Gasteiger partial charge in [0.25, 0.3) is 0 Å². The largest absolute Gasteiger partial charge is 0.377 e. The van der Waals surface area contributed by atoms with Crippen LogP contribution in [0, 0.1) is 0 Å². The Bertz CT molecular complexity index is 1080. The Balaban J connectivity index is 1.28. The number of aromatic nitrogens is 2. The third-order valence-corrected chi connectivity index (χ3v) is 6.39. The number of carbonyl (C=O) groups excluding carboxylic acids is 1. The van der Waals surface area contributed by atoms with Gasteiger partial charge in [-0.3, -0.25) is 9.69 Å². The van der Waals surface area contributed by atoms with E-state index in [-0.39, 0.29) is 5.91 Å². The van der Waals surface area contributed by atoms with Gasteiger partial charge in [-0.2, -0.15) is 5.10 Å². The summed E-state index contributed by atoms with van der Waals surface area (Å²) in [5.41, 5.74) is 3.81. The van der Waals surface area contributed by atoms with Crippen LogP contribution in [0.2, 0.25) is 0 Å². The first-order valence-corrected chi connectivity index (χ1v) is 11.8. The molecule has 1 atom stereocenters. The molecule has 0 spiro atoms. The van der Waals surface area contributed by atoms with Crippen LogP contribution in [0.5, 0.6) is 0 Å². The molecule has 1 unspecified atom stereocenters. The second-order valence-corrected chi connectivity index (χ2v) is 8.67. The molecule has 2 aliphatic heterocycles. The molecule has 3 heterocycles. The number of hydrogen-bond donors (Lipinski definition) is 0. The van der Waals surface area contributed by atoms with Crippen molar-refractivity contribution >= 4 is 12.0 Å². The SMILES string of the molecule is O=C(C=Cc1cn(-c2ccccc2)nc1-c1ccccc1)N1CCN(CC2CCCO2)CC1. The minimum atomic E-state index is 0.0539. The number of nitrogens with zero attached hydrogens (tertiary/aromatic N) is 4. The summed E-state index contributed by atoms with van der Waals surface area (Å²) in [6.45, 7) is 5.19. The molecule has 1 aromatic heterocycles. The number of carbonyl (C=O) groups is 1. The molecule has 3 aromatic rings. The van der Waals surface area contributed by atoms with Crippen molar-refractivity contribution < 1.29 is 9.53 Å². The molecule has 0 saturated carbocycles. The van der Waals surface area contributed by atoms with Gasteiger partial charge < -0.3 is 9.64 Å². The maximum atomic E-state index is 12.9. The summed E-state index contributed by atoms with van der Waals surface area (Å²) in [5.74, 6) is 0.0539. The van der Waals surface area contributed by atoms with Crippen LogP contribution in [0.4, 0.5) is 0 Å². The van der Waals surface area contributed by atoms with Gasteiger partial charge in [0.05, 0.1) is 17.5 Å². The quantitative estimate of drug-likeness (QED) is 0.544. The third kappa shape index (κ3) is 5.24. The van der Waals surface area contributed by atoms with Gasteiger partial charge in [-0.25, -0.2) is 4.68 Å². The van der Waals surface area contributed by atoms with Crippen LogP contribution < -0.4 is 0 Å². The maximum absolute atomic E-state index is 12.9. The molecule has 170 valence electrons. The fourth-order valence-corrected chi connectivity index (χ4v) is 4.54. The van der Waals surface area contributed by atoms with E-state index in [1.54, 1.807) is 6.08 Å². The maximum Gasteiger partial charge on any atom is 0.246 e. The van der Waals surface area contributed by atoms with E-state index in [1.165, 1.54) is 6.42 Å². The molecule has 0 aliphatic carbocycles. The highest BCUT2D eigenvalue weighted by Gasteiger charge is 2.24. The predicted molar refractivity (Wildman–Crippen MR) is 130 cm³/mol. The first kappa shape index (κ1) is 21.6. The lowest BCUT2D eigenvalue weighted by Gasteiger charge is -2.35. The molecular formula is C27H30N4O2. The Morgan fingerprint density at radius 3 is 2.42 bits per heavy atom. The van der Waals surface area contributed by atoms with Gasteiger partial charge in [0.2, 0.25) is 5.91 Å². The Morgan fingerprint density at radius 1 is 1.00 bits per heavy atom. The van der Waals surface area contributed by atoms with Crippen molar-refractivity contribution in [2.24, 2.45) is 0 Å². The number of hydrogen-bond acceptors (Lipinski definition) is 4. The average molecular weight is 443 g/mol. The van der Waals surface area contributed by atoms with Crippen molar-refractivity contribution in [1.29, 1.82) is 0 Å². The van der Waals surface area contributed by atoms with Crippen molar-refractivity contribution in [3.8, 4) is 16.9 Å². The van der Waals surface area contributed by atoms with E-state index < -0.39 is 0 Å². The monoisotopic (exact) mass is 442 g/mol. The van der Waals surface area contributed by atoms with Crippen molar-refractivity contribution in [2.45, 2.75) is 18.9 Å². The zero-order valence-electron chi connectivity index (χ0n) is 18.8. The minimum Gasteiger partial charge on any atom is -0.377 e. The molecule has 5 rings (SSSR count). The summed E-state index contributed by atoms with van der Waals surface area (Å²) < 4.78 is 7.63. The van der Waals surface area contributed by atoms with Crippen LogP contribution in [-0.4, -0.2) is 70.9 Å². The zero-order valence-corrected chi connectivity index (χ0v) is 18.8. The highest BCUT2D eigenvalue weighted by Crippen LogP contribution is 2.25. The van der Waals surface area contributed by atoms with Crippen LogP contribution in [0.1, 0.15) is 18.4 Å². The van der Waals surface area contributed by atoms with Gasteiger partial charge in [-0.05, 0) is 31.1 Å². The van der Waals surface area contributed by atoms with Crippen molar-refractivity contribution in [2.75, 3.05) is 39.3 Å². The lowest BCUT2D eigenvalue weighted by Crippen LogP contribution is -2.50. The van der Waals surface area contributed by atoms with E-state index in [1.807, 2.05) is 82.5 Å². The van der Waals surface area contributed by atoms with Gasteiger partial charge in [0.1, 0.15) is 0 Å². The number of piperazine rings is 1. The summed E-state index contributed by atoms with van der Waals surface area (Å²) >= 11 is 0. The molecule has 1 amide bonds. The lowest BCUT2D eigenvalue weighted by molar-refractivity contribution is -0.127. The second-order valence-electron chi connectivity index (χ2n) is 8.67. The molecule has 0 bridgehead atoms. The first-order valence-electron chi connectivity index (χ1n) is 11.8. The molecule has 2 aliphatic rings. The van der Waals surface area contributed by atoms with Gasteiger partial charge in [0, 0.05) is 62.7 Å². The smallest absolute Gasteiger partial charge is 0.246 e. The van der Waals surface area contributed by atoms with Crippen molar-refractivity contribution in [3.63, 3.8) is 0 Å². The highest BCUT2D eigenvalue weighted by atomic mass is 16.5. The molecule has 2 aromatic carbocycles. The highest BCUT2D eigenvalue weighted by molar-refractivity contribution is 5.93. The van der Waals surface area contributed by atoms with Crippen molar-refractivity contribution in [1.82, 2.24) is 19.6 Å². The predicted octanol–water partition coefficient (Wildman–Crippen LogP) is 3.88. The summed E-state index contributed by atoms with van der Waals surface area (Å²) in [6.07, 6.45) is 8.26. The fraction of sp³-hybridized carbons (Fsp3) is 0.333. The molecule has 6 heteroatoms. The number of benzene rings is 2. The number of para-hydroxylation sites is 1. The van der Waals surface area contributed by atoms with Crippen LogP contribution in [0.25, 0.3) is 23.0 Å². The Kier molecular flexibility index (Phi) is 6.65. The first-order chi connectivity index (χ1) is 16.3. The topological polar surface area (TPSA) is 50.6 Å². The standard InChI is InChI=1S/C27H30N4O2/c32-26(30-17-15-29(16-18-30)21-25-12-7-19-33-25)14-13-23-20-31(24-10-5-2-6-11-24)28-27(23)22-8-3-1-4-9-22/h1-6,8-11,13-14,20,25H,7,12,15-19,21H2. The second kappa shape index (κ2) is 10.1. The van der Waals surface area contributed by atoms with Crippen LogP contribution in [0.3, 0.4) is 0 Å². The van der Waals surface area contributed by atoms with Gasteiger partial charge in [-0.15, -0.1) is 0 Å². The van der Waals surface area contributed by atoms with Crippen LogP contribution in [0.15, 0.2) is 72.9 Å². The average Bonchev–Trinajstić information content (AvgIpc) is 3.54. The van der Waals surface area contributed by atoms with E-state index in [9.17, 15) is 4.79 Å². The van der Waals surface area contributed by atoms with Crippen LogP contribution in [-0.2, 0) is 9.53 Å². The molecule has 33 heavy (non-hydrogen) atoms. The number of ether oxygens (including phenoxy) is 1. The summed E-state index contributed by atoms with van der Waals surface area (Å²) in [6, 6.07) is 20.1. The Hall–Kier alpha value is -3.22. The summed E-state index contributed by atoms with van der Waals surface area (Å²) in [7, 11) is 0. The number of rotatable bonds is 6. The fourth-order valence-electron chi connectivity index (χ4n) is 4.54. The van der Waals surface area contributed by atoms with Gasteiger partial charge in [-0.1, -0.05) is 48.5 Å². The normalized spacial score (nSPS) is 19.4. The van der Waals surface area contributed by atoms with Gasteiger partial charge >= 0.3 is 0 Å². The van der Waals surface area contributed by atoms with E-state index in [4.69, 9.17) is 9.84 Å². The minimum absolute atomic E-state index is 0.0539. The third-order valence-electron chi connectivity index (χ3n) is 6.39. The molecule has 6 nitrogen and oxygen atoms in total. The van der Waals surface area contributed by atoms with Gasteiger partial charge in [0.15, 0.2) is 0 Å². The summed E-state index contributed by atoms with van der Waals surface area (Å²) in [5, 5.41) is 4.82. The lowest BCUT2D eigenvalue weighted by atomic mass is 10.1. The van der Waals surface area contributed by atoms with Crippen molar-refractivity contribution in [3.05, 3.63) is 78.5 Å². The Labute approximate surface area is 195 Å². The molecule has 2 saturated heterocycles. The van der Waals surface area contributed by atoms with E-state index in [0.29, 0.717) is 6.10 Å². The molecule has 0 radical (unpaired) electrons. The Morgan fingerprint density at radius 2 is 1.73 bits per heavy atom. The van der Waals surface area contributed by atoms with Crippen LogP contribution >= 0.6 is 0 Å².